The molecule has 1 rings (SSSR count). The zero-order valence-corrected chi connectivity index (χ0v) is 8.70. The summed E-state index contributed by atoms with van der Waals surface area (Å²) in [5.41, 5.74) is 6.06. The lowest BCUT2D eigenvalue weighted by Crippen LogP contribution is -2.28. The zero-order valence-electron chi connectivity index (χ0n) is 7.94. The molecule has 6 heteroatoms. The van der Waals surface area contributed by atoms with Crippen molar-refractivity contribution in [1.82, 2.24) is 9.97 Å². The van der Waals surface area contributed by atoms with E-state index in [0.29, 0.717) is 24.6 Å². The lowest BCUT2D eigenvalue weighted by Gasteiger charge is -2.21. The number of nitrogens with zero attached hydrogens (tertiary/aromatic N) is 3. The van der Waals surface area contributed by atoms with Crippen LogP contribution in [0.4, 0.5) is 11.5 Å². The van der Waals surface area contributed by atoms with Crippen molar-refractivity contribution in [1.29, 1.82) is 0 Å². The van der Waals surface area contributed by atoms with Crippen molar-refractivity contribution >= 4 is 23.1 Å². The Morgan fingerprint density at radius 3 is 2.86 bits per heavy atom. The highest BCUT2D eigenvalue weighted by atomic mass is 35.5. The fourth-order valence-corrected chi connectivity index (χ4v) is 1.28. The first-order valence-corrected chi connectivity index (χ1v) is 4.70. The second-order valence-electron chi connectivity index (χ2n) is 2.71. The molecule has 1 heterocycles. The first-order valence-electron chi connectivity index (χ1n) is 4.32. The summed E-state index contributed by atoms with van der Waals surface area (Å²) in [5, 5.41) is 9.07. The van der Waals surface area contributed by atoms with Gasteiger partial charge in [0.2, 0.25) is 0 Å². The molecule has 0 aromatic carbocycles. The Labute approximate surface area is 87.5 Å². The summed E-state index contributed by atoms with van der Waals surface area (Å²) in [5.74, 6) is 0.571. The first kappa shape index (κ1) is 11.0. The van der Waals surface area contributed by atoms with Gasteiger partial charge in [-0.1, -0.05) is 11.6 Å². The second kappa shape index (κ2) is 4.97. The summed E-state index contributed by atoms with van der Waals surface area (Å²) in [6.45, 7) is 3.19. The highest BCUT2D eigenvalue weighted by Gasteiger charge is 2.11. The van der Waals surface area contributed by atoms with Crippen LogP contribution in [0.15, 0.2) is 6.33 Å². The maximum absolute atomic E-state index is 8.83. The molecule has 0 fully saturated rings. The fourth-order valence-electron chi connectivity index (χ4n) is 1.15. The van der Waals surface area contributed by atoms with E-state index in [9.17, 15) is 0 Å². The molecule has 0 aliphatic rings. The molecule has 0 atom stereocenters. The summed E-state index contributed by atoms with van der Waals surface area (Å²) in [6, 6.07) is 0. The highest BCUT2D eigenvalue weighted by molar-refractivity contribution is 6.32. The Kier molecular flexibility index (Phi) is 3.91. The molecule has 0 aliphatic carbocycles. The summed E-state index contributed by atoms with van der Waals surface area (Å²) in [6.07, 6.45) is 1.36. The maximum atomic E-state index is 8.83. The van der Waals surface area contributed by atoms with Crippen molar-refractivity contribution in [3.8, 4) is 0 Å². The Bertz CT molecular complexity index is 307. The molecular formula is C8H13ClN4O. The Balaban J connectivity index is 2.97. The van der Waals surface area contributed by atoms with Crippen molar-refractivity contribution < 1.29 is 5.11 Å². The van der Waals surface area contributed by atoms with Gasteiger partial charge in [-0.05, 0) is 6.92 Å². The Hall–Kier alpha value is -1.07. The molecule has 0 saturated heterocycles. The zero-order chi connectivity index (χ0) is 10.6. The summed E-state index contributed by atoms with van der Waals surface area (Å²) >= 11 is 5.75. The smallest absolute Gasteiger partial charge is 0.157 e. The van der Waals surface area contributed by atoms with Gasteiger partial charge in [0.15, 0.2) is 11.0 Å². The number of nitrogen functional groups attached to an aromatic ring is 1. The van der Waals surface area contributed by atoms with Crippen LogP contribution in [0.1, 0.15) is 6.92 Å². The quantitative estimate of drug-likeness (QED) is 0.719. The van der Waals surface area contributed by atoms with Crippen molar-refractivity contribution in [2.75, 3.05) is 30.3 Å². The third kappa shape index (κ3) is 2.24. The van der Waals surface area contributed by atoms with Crippen molar-refractivity contribution in [3.05, 3.63) is 11.5 Å². The van der Waals surface area contributed by atoms with Crippen molar-refractivity contribution in [2.45, 2.75) is 6.92 Å². The van der Waals surface area contributed by atoms with Crippen LogP contribution in [0.25, 0.3) is 0 Å². The van der Waals surface area contributed by atoms with E-state index in [-0.39, 0.29) is 11.8 Å². The third-order valence-corrected chi connectivity index (χ3v) is 2.17. The largest absolute Gasteiger partial charge is 0.395 e. The molecule has 0 unspecified atom stereocenters. The normalized spacial score (nSPS) is 10.2. The molecule has 5 nitrogen and oxygen atoms in total. The minimum absolute atomic E-state index is 0.0505. The summed E-state index contributed by atoms with van der Waals surface area (Å²) < 4.78 is 0. The lowest BCUT2D eigenvalue weighted by molar-refractivity contribution is 0.302. The molecule has 1 aromatic heterocycles. The monoisotopic (exact) mass is 216 g/mol. The van der Waals surface area contributed by atoms with Gasteiger partial charge in [0.05, 0.1) is 6.61 Å². The van der Waals surface area contributed by atoms with Crippen molar-refractivity contribution in [3.63, 3.8) is 0 Å². The number of anilines is 2. The highest BCUT2D eigenvalue weighted by Crippen LogP contribution is 2.24. The van der Waals surface area contributed by atoms with Gasteiger partial charge in [-0.15, -0.1) is 0 Å². The number of aromatic nitrogens is 2. The van der Waals surface area contributed by atoms with E-state index < -0.39 is 0 Å². The van der Waals surface area contributed by atoms with E-state index in [0.717, 1.165) is 0 Å². The van der Waals surface area contributed by atoms with Gasteiger partial charge < -0.3 is 15.7 Å². The van der Waals surface area contributed by atoms with Gasteiger partial charge in [0.25, 0.3) is 0 Å². The minimum atomic E-state index is 0.0505. The van der Waals surface area contributed by atoms with Gasteiger partial charge in [-0.25, -0.2) is 9.97 Å². The molecule has 0 amide bonds. The summed E-state index contributed by atoms with van der Waals surface area (Å²) in [4.78, 5) is 9.62. The first-order chi connectivity index (χ1) is 6.70. The number of hydrogen-bond donors (Lipinski definition) is 2. The average Bonchev–Trinajstić information content (AvgIpc) is 2.19. The molecule has 0 aliphatic heterocycles. The van der Waals surface area contributed by atoms with Gasteiger partial charge in [-0.2, -0.15) is 0 Å². The second-order valence-corrected chi connectivity index (χ2v) is 3.06. The van der Waals surface area contributed by atoms with E-state index >= 15 is 0 Å². The molecule has 0 spiro atoms. The number of likely N-dealkylation sites (N-methyl/N-ethyl adjacent to an activating group) is 1. The summed E-state index contributed by atoms with van der Waals surface area (Å²) in [7, 11) is 0. The number of aliphatic hydroxyl groups excluding tert-OH is 1. The van der Waals surface area contributed by atoms with E-state index in [1.807, 2.05) is 11.8 Å². The number of hydrogen-bond acceptors (Lipinski definition) is 5. The predicted octanol–water partition coefficient (Wildman–Crippen LogP) is 0.531. The minimum Gasteiger partial charge on any atom is -0.395 e. The molecule has 3 N–H and O–H groups in total. The average molecular weight is 217 g/mol. The van der Waals surface area contributed by atoms with E-state index in [1.165, 1.54) is 6.33 Å². The van der Waals surface area contributed by atoms with Gasteiger partial charge in [0.1, 0.15) is 12.0 Å². The van der Waals surface area contributed by atoms with E-state index in [1.54, 1.807) is 0 Å². The van der Waals surface area contributed by atoms with Gasteiger partial charge in [-0.3, -0.25) is 0 Å². The molecule has 0 bridgehead atoms. The molecule has 1 aromatic rings. The molecule has 78 valence electrons. The molecule has 14 heavy (non-hydrogen) atoms. The molecule has 0 radical (unpaired) electrons. The molecule has 0 saturated carbocycles. The number of nitrogens with two attached hydrogens (primary N) is 1. The fraction of sp³-hybridized carbons (Fsp3) is 0.500. The standard InChI is InChI=1S/C8H13ClN4O/c1-2-13(3-4-14)8-6(10)7(9)11-5-12-8/h5,14H,2-4,10H2,1H3. The molecular weight excluding hydrogens is 204 g/mol. The van der Waals surface area contributed by atoms with Crippen LogP contribution in [-0.4, -0.2) is 34.8 Å². The third-order valence-electron chi connectivity index (χ3n) is 1.87. The van der Waals surface area contributed by atoms with Crippen molar-refractivity contribution in [2.24, 2.45) is 0 Å². The Morgan fingerprint density at radius 2 is 2.29 bits per heavy atom. The van der Waals surface area contributed by atoms with Crippen LogP contribution in [-0.2, 0) is 0 Å². The predicted molar refractivity (Wildman–Crippen MR) is 56.4 cm³/mol. The SMILES string of the molecule is CCN(CCO)c1ncnc(Cl)c1N. The van der Waals surface area contributed by atoms with Gasteiger partial charge in [0, 0.05) is 13.1 Å². The lowest BCUT2D eigenvalue weighted by atomic mass is 10.4. The maximum Gasteiger partial charge on any atom is 0.157 e. The number of halogens is 1. The van der Waals surface area contributed by atoms with Crippen LogP contribution in [0.3, 0.4) is 0 Å². The van der Waals surface area contributed by atoms with Crippen LogP contribution >= 0.6 is 11.6 Å². The van der Waals surface area contributed by atoms with Crippen LogP contribution < -0.4 is 10.6 Å². The Morgan fingerprint density at radius 1 is 1.57 bits per heavy atom. The van der Waals surface area contributed by atoms with Crippen LogP contribution in [0.2, 0.25) is 5.15 Å². The van der Waals surface area contributed by atoms with Crippen LogP contribution in [0, 0.1) is 0 Å². The number of aliphatic hydroxyl groups is 1. The van der Waals surface area contributed by atoms with E-state index in [2.05, 4.69) is 9.97 Å². The topological polar surface area (TPSA) is 75.3 Å². The van der Waals surface area contributed by atoms with Crippen LogP contribution in [0.5, 0.6) is 0 Å². The van der Waals surface area contributed by atoms with E-state index in [4.69, 9.17) is 22.4 Å². The van der Waals surface area contributed by atoms with Gasteiger partial charge >= 0.3 is 0 Å². The number of rotatable bonds is 4.